The van der Waals surface area contributed by atoms with Crippen molar-refractivity contribution < 1.29 is 23.9 Å². The molecule has 0 aromatic carbocycles. The van der Waals surface area contributed by atoms with Crippen LogP contribution in [0, 0.1) is 6.42 Å². The lowest BCUT2D eigenvalue weighted by molar-refractivity contribution is -0.157. The van der Waals surface area contributed by atoms with E-state index in [4.69, 9.17) is 9.47 Å². The average Bonchev–Trinajstić information content (AvgIpc) is 3.19. The van der Waals surface area contributed by atoms with Crippen molar-refractivity contribution >= 4 is 17.7 Å². The number of esters is 2. The van der Waals surface area contributed by atoms with E-state index in [0.29, 0.717) is 19.3 Å². The molecule has 0 saturated heterocycles. The first-order valence-electron chi connectivity index (χ1n) is 25.3. The van der Waals surface area contributed by atoms with E-state index in [-0.39, 0.29) is 24.3 Å². The molecule has 0 rings (SSSR count). The Labute approximate surface area is 350 Å². The van der Waals surface area contributed by atoms with Crippen LogP contribution in [0.2, 0.25) is 0 Å². The van der Waals surface area contributed by atoms with Crippen LogP contribution >= 0.6 is 0 Å². The van der Waals surface area contributed by atoms with Crippen molar-refractivity contribution in [1.29, 1.82) is 0 Å². The summed E-state index contributed by atoms with van der Waals surface area (Å²) in [5.74, 6) is -0.571. The highest BCUT2D eigenvalue weighted by molar-refractivity contribution is 5.88. The van der Waals surface area contributed by atoms with Gasteiger partial charge in [-0.25, -0.2) is 0 Å². The van der Waals surface area contributed by atoms with Crippen molar-refractivity contribution in [3.8, 4) is 0 Å². The minimum atomic E-state index is -0.797. The summed E-state index contributed by atoms with van der Waals surface area (Å²) >= 11 is 0. The van der Waals surface area contributed by atoms with Crippen LogP contribution in [0.4, 0.5) is 0 Å². The van der Waals surface area contributed by atoms with Crippen molar-refractivity contribution in [1.82, 2.24) is 0 Å². The van der Waals surface area contributed by atoms with Gasteiger partial charge < -0.3 is 9.47 Å². The highest BCUT2D eigenvalue weighted by atomic mass is 16.6. The van der Waals surface area contributed by atoms with Crippen LogP contribution in [-0.4, -0.2) is 30.4 Å². The zero-order valence-corrected chi connectivity index (χ0v) is 38.1. The molecule has 1 radical (unpaired) electrons. The summed E-state index contributed by atoms with van der Waals surface area (Å²) in [5, 5.41) is 0. The Bertz CT molecular complexity index is 781. The lowest BCUT2D eigenvalue weighted by Gasteiger charge is -2.17. The molecule has 0 spiro atoms. The zero-order valence-electron chi connectivity index (χ0n) is 38.1. The van der Waals surface area contributed by atoms with E-state index in [0.717, 1.165) is 57.8 Å². The van der Waals surface area contributed by atoms with Crippen LogP contribution in [0.1, 0.15) is 290 Å². The van der Waals surface area contributed by atoms with E-state index in [1.165, 1.54) is 199 Å². The molecule has 0 aliphatic heterocycles. The summed E-state index contributed by atoms with van der Waals surface area (Å²) in [5.41, 5.74) is 0. The van der Waals surface area contributed by atoms with Crippen molar-refractivity contribution in [2.24, 2.45) is 0 Å². The molecule has 5 nitrogen and oxygen atoms in total. The number of carbonyl (C=O) groups is 3. The number of carbonyl (C=O) groups excluding carboxylic acids is 3. The standard InChI is InChI=1S/C51H97O5/c1-4-7-10-13-16-19-22-25-28-31-34-37-40-43-48(52)46-49(56-51(54)45-42-39-36-33-30-27-24-21-18-15-12-9-6-3)47-55-50(53)44-41-38-35-32-29-26-23-20-17-14-11-8-5-2/h46,49H,4-45,47H2,1-3H3/t49-/m1/s1. The predicted octanol–water partition coefficient (Wildman–Crippen LogP) is 16.7. The zero-order chi connectivity index (χ0) is 40.8. The van der Waals surface area contributed by atoms with E-state index in [9.17, 15) is 14.4 Å². The summed E-state index contributed by atoms with van der Waals surface area (Å²) in [7, 11) is 0. The highest BCUT2D eigenvalue weighted by Gasteiger charge is 2.21. The topological polar surface area (TPSA) is 69.7 Å². The summed E-state index contributed by atoms with van der Waals surface area (Å²) in [4.78, 5) is 38.2. The summed E-state index contributed by atoms with van der Waals surface area (Å²) in [6.07, 6.45) is 51.1. The fourth-order valence-corrected chi connectivity index (χ4v) is 7.77. The van der Waals surface area contributed by atoms with Gasteiger partial charge in [0.1, 0.15) is 18.5 Å². The van der Waals surface area contributed by atoms with Gasteiger partial charge in [0.05, 0.1) is 6.42 Å². The maximum atomic E-state index is 12.9. The Morgan fingerprint density at radius 2 is 0.589 bits per heavy atom. The van der Waals surface area contributed by atoms with E-state index in [1.807, 2.05) is 0 Å². The van der Waals surface area contributed by atoms with Gasteiger partial charge in [0, 0.05) is 19.3 Å². The van der Waals surface area contributed by atoms with E-state index in [1.54, 1.807) is 0 Å². The fraction of sp³-hybridized carbons (Fsp3) is 0.922. The largest absolute Gasteiger partial charge is 0.462 e. The molecule has 0 aromatic heterocycles. The number of hydrogen-bond donors (Lipinski definition) is 0. The molecule has 0 N–H and O–H groups in total. The molecule has 0 fully saturated rings. The Balaban J connectivity index is 4.32. The van der Waals surface area contributed by atoms with Crippen LogP contribution in [0.15, 0.2) is 0 Å². The van der Waals surface area contributed by atoms with Gasteiger partial charge in [0.25, 0.3) is 0 Å². The first kappa shape index (κ1) is 54.6. The van der Waals surface area contributed by atoms with Gasteiger partial charge in [-0.15, -0.1) is 0 Å². The molecule has 0 aliphatic carbocycles. The number of unbranched alkanes of at least 4 members (excludes halogenated alkanes) is 36. The Morgan fingerprint density at radius 3 is 0.893 bits per heavy atom. The number of ether oxygens (including phenoxy) is 2. The van der Waals surface area contributed by atoms with Gasteiger partial charge in [-0.2, -0.15) is 0 Å². The third-order valence-electron chi connectivity index (χ3n) is 11.6. The first-order valence-corrected chi connectivity index (χ1v) is 25.3. The molecule has 0 aliphatic rings. The second-order valence-corrected chi connectivity index (χ2v) is 17.3. The number of rotatable bonds is 47. The molecule has 0 amide bonds. The molecule has 0 heterocycles. The fourth-order valence-electron chi connectivity index (χ4n) is 7.77. The van der Waals surface area contributed by atoms with E-state index < -0.39 is 6.10 Å². The van der Waals surface area contributed by atoms with E-state index in [2.05, 4.69) is 20.8 Å². The molecule has 0 unspecified atom stereocenters. The van der Waals surface area contributed by atoms with Crippen LogP contribution in [0.25, 0.3) is 0 Å². The Morgan fingerprint density at radius 1 is 0.339 bits per heavy atom. The second kappa shape index (κ2) is 46.3. The summed E-state index contributed by atoms with van der Waals surface area (Å²) in [6.45, 7) is 6.74. The van der Waals surface area contributed by atoms with Crippen LogP contribution in [-0.2, 0) is 23.9 Å². The van der Waals surface area contributed by atoms with Crippen molar-refractivity contribution in [2.45, 2.75) is 297 Å². The van der Waals surface area contributed by atoms with Gasteiger partial charge in [-0.05, 0) is 19.3 Å². The van der Waals surface area contributed by atoms with E-state index >= 15 is 0 Å². The third-order valence-corrected chi connectivity index (χ3v) is 11.6. The van der Waals surface area contributed by atoms with Gasteiger partial charge in [0.15, 0.2) is 0 Å². The molecule has 0 saturated carbocycles. The van der Waals surface area contributed by atoms with Crippen LogP contribution in [0.5, 0.6) is 0 Å². The molecule has 56 heavy (non-hydrogen) atoms. The maximum absolute atomic E-state index is 12.9. The number of ketones is 1. The third kappa shape index (κ3) is 43.7. The Hall–Kier alpha value is -1.39. The van der Waals surface area contributed by atoms with Gasteiger partial charge in [-0.1, -0.05) is 252 Å². The van der Waals surface area contributed by atoms with Gasteiger partial charge >= 0.3 is 11.9 Å². The summed E-state index contributed by atoms with van der Waals surface area (Å²) < 4.78 is 11.3. The van der Waals surface area contributed by atoms with Gasteiger partial charge in [0.2, 0.25) is 0 Å². The molecule has 0 aromatic rings. The molecular formula is C51H97O5. The van der Waals surface area contributed by atoms with Crippen LogP contribution in [0.3, 0.4) is 0 Å². The SMILES string of the molecule is CCCCCCCCCCCCCCCC(=O)[CH][C@H](COC(=O)CCCCCCCCCCCCCCC)OC(=O)CCCCCCCCCCCCCCC. The minimum absolute atomic E-state index is 0.0145. The lowest BCUT2D eigenvalue weighted by Crippen LogP contribution is -2.28. The average molecular weight is 790 g/mol. The first-order chi connectivity index (χ1) is 27.5. The maximum Gasteiger partial charge on any atom is 0.306 e. The molecule has 0 bridgehead atoms. The minimum Gasteiger partial charge on any atom is -0.462 e. The summed E-state index contributed by atoms with van der Waals surface area (Å²) in [6, 6.07) is 0. The lowest BCUT2D eigenvalue weighted by atomic mass is 10.0. The second-order valence-electron chi connectivity index (χ2n) is 17.3. The highest BCUT2D eigenvalue weighted by Crippen LogP contribution is 2.17. The molecular weight excluding hydrogens is 693 g/mol. The van der Waals surface area contributed by atoms with Crippen molar-refractivity contribution in [3.05, 3.63) is 6.42 Å². The van der Waals surface area contributed by atoms with Crippen LogP contribution < -0.4 is 0 Å². The van der Waals surface area contributed by atoms with Gasteiger partial charge in [-0.3, -0.25) is 14.4 Å². The quantitative estimate of drug-likeness (QED) is 0.0454. The normalized spacial score (nSPS) is 11.9. The van der Waals surface area contributed by atoms with Crippen molar-refractivity contribution in [2.75, 3.05) is 6.61 Å². The number of hydrogen-bond acceptors (Lipinski definition) is 5. The molecule has 5 heteroatoms. The Kier molecular flexibility index (Phi) is 45.2. The van der Waals surface area contributed by atoms with Crippen molar-refractivity contribution in [3.63, 3.8) is 0 Å². The monoisotopic (exact) mass is 790 g/mol. The predicted molar refractivity (Wildman–Crippen MR) is 241 cm³/mol. The molecule has 1 atom stereocenters. The smallest absolute Gasteiger partial charge is 0.306 e. The molecule has 331 valence electrons. The number of Topliss-reactive ketones (excluding diaryl/α,β-unsaturated/α-hetero) is 1.